The minimum absolute atomic E-state index is 0.0899. The first-order chi connectivity index (χ1) is 21.5. The topological polar surface area (TPSA) is 44.1 Å². The van der Waals surface area contributed by atoms with Gasteiger partial charge >= 0.3 is 0 Å². The van der Waals surface area contributed by atoms with Crippen molar-refractivity contribution in [2.24, 2.45) is 0 Å². The molecule has 0 spiro atoms. The fourth-order valence-corrected chi connectivity index (χ4v) is 6.82. The quantitative estimate of drug-likeness (QED) is 0.225. The summed E-state index contributed by atoms with van der Waals surface area (Å²) in [5.41, 5.74) is 10.6. The predicted molar refractivity (Wildman–Crippen MR) is 184 cm³/mol. The van der Waals surface area contributed by atoms with Gasteiger partial charge in [-0.1, -0.05) is 86.6 Å². The maximum absolute atomic E-state index is 8.81. The van der Waals surface area contributed by atoms with Crippen LogP contribution < -0.4 is 20.8 Å². The molecule has 8 rings (SSSR count). The van der Waals surface area contributed by atoms with Crippen LogP contribution in [0.25, 0.3) is 28.7 Å². The maximum atomic E-state index is 8.81. The average Bonchev–Trinajstić information content (AvgIpc) is 3.37. The second-order valence-corrected chi connectivity index (χ2v) is 12.0. The number of aromatic nitrogens is 1. The van der Waals surface area contributed by atoms with Crippen LogP contribution in [0.4, 0.5) is 22.7 Å². The number of allylic oxidation sites excluding steroid dienone is 1. The molecule has 0 amide bonds. The highest BCUT2D eigenvalue weighted by molar-refractivity contribution is 6.25. The highest BCUT2D eigenvalue weighted by atomic mass is 15.2. The van der Waals surface area contributed by atoms with Crippen molar-refractivity contribution in [2.45, 2.75) is 19.3 Å². The van der Waals surface area contributed by atoms with Crippen LogP contribution in [-0.2, 0) is 5.41 Å². The third kappa shape index (κ3) is 4.03. The van der Waals surface area contributed by atoms with E-state index in [4.69, 9.17) is 5.41 Å². The van der Waals surface area contributed by atoms with Crippen LogP contribution in [0.15, 0.2) is 139 Å². The Morgan fingerprint density at radius 3 is 1.93 bits per heavy atom. The molecule has 212 valence electrons. The van der Waals surface area contributed by atoms with E-state index in [1.165, 1.54) is 22.5 Å². The molecule has 2 aliphatic rings. The standard InChI is InChI=1S/C40H32N4/c1-40(2)33-15-7-10-18-37(33)44(38-19-11-8-16-34(38)40)30-22-20-29(21-23-30)43-36-17-9-6-14-31(36)32-25-35(41)27(24-39(32)43)26-42-28-12-4-3-5-13-28/h3-26,41-42H,1-2H3/b27-26-,41-35?. The van der Waals surface area contributed by atoms with Crippen LogP contribution >= 0.6 is 0 Å². The molecule has 1 aliphatic carbocycles. The minimum Gasteiger partial charge on any atom is -0.361 e. The predicted octanol–water partition coefficient (Wildman–Crippen LogP) is 8.33. The Morgan fingerprint density at radius 1 is 0.636 bits per heavy atom. The molecule has 0 radical (unpaired) electrons. The lowest BCUT2D eigenvalue weighted by molar-refractivity contribution is 0.632. The maximum Gasteiger partial charge on any atom is 0.0634 e. The first kappa shape index (κ1) is 26.1. The van der Waals surface area contributed by atoms with Crippen molar-refractivity contribution >= 4 is 51.5 Å². The summed E-state index contributed by atoms with van der Waals surface area (Å²) in [5.74, 6) is 0. The third-order valence-electron chi connectivity index (χ3n) is 9.01. The van der Waals surface area contributed by atoms with E-state index in [1.54, 1.807) is 0 Å². The summed E-state index contributed by atoms with van der Waals surface area (Å²) in [7, 11) is 0. The summed E-state index contributed by atoms with van der Waals surface area (Å²) >= 11 is 0. The molecule has 2 heterocycles. The lowest BCUT2D eigenvalue weighted by Gasteiger charge is -2.42. The third-order valence-corrected chi connectivity index (χ3v) is 9.01. The van der Waals surface area contributed by atoms with Gasteiger partial charge in [-0.05, 0) is 77.9 Å². The van der Waals surface area contributed by atoms with Crippen LogP contribution in [0.3, 0.4) is 0 Å². The summed E-state index contributed by atoms with van der Waals surface area (Å²) in [6.07, 6.45) is 6.04. The molecular weight excluding hydrogens is 536 g/mol. The molecule has 2 N–H and O–H groups in total. The number of nitrogens with zero attached hydrogens (tertiary/aromatic N) is 2. The van der Waals surface area contributed by atoms with Crippen molar-refractivity contribution in [1.29, 1.82) is 5.41 Å². The van der Waals surface area contributed by atoms with Crippen molar-refractivity contribution in [3.05, 3.63) is 161 Å². The van der Waals surface area contributed by atoms with E-state index in [0.717, 1.165) is 44.1 Å². The summed E-state index contributed by atoms with van der Waals surface area (Å²) in [6.45, 7) is 4.63. The second-order valence-electron chi connectivity index (χ2n) is 12.0. The van der Waals surface area contributed by atoms with E-state index in [2.05, 4.69) is 132 Å². The van der Waals surface area contributed by atoms with E-state index in [1.807, 2.05) is 42.6 Å². The molecule has 0 bridgehead atoms. The number of anilines is 4. The van der Waals surface area contributed by atoms with Crippen LogP contribution in [0.1, 0.15) is 25.0 Å². The molecule has 0 fully saturated rings. The van der Waals surface area contributed by atoms with Crippen LogP contribution in [0, 0.1) is 5.41 Å². The SMILES string of the molecule is CC1(C)c2ccccc2N(c2ccc(-n3c4c(c5ccccc53)=CC(=N)/C(=C\Nc3ccccc3)C=4)cc2)c2ccccc21. The molecule has 0 unspecified atom stereocenters. The largest absolute Gasteiger partial charge is 0.361 e. The average molecular weight is 569 g/mol. The van der Waals surface area contributed by atoms with Gasteiger partial charge in [-0.25, -0.2) is 0 Å². The monoisotopic (exact) mass is 568 g/mol. The van der Waals surface area contributed by atoms with E-state index in [-0.39, 0.29) is 5.41 Å². The lowest BCUT2D eigenvalue weighted by atomic mass is 9.73. The van der Waals surface area contributed by atoms with E-state index < -0.39 is 0 Å². The second kappa shape index (κ2) is 9.99. The van der Waals surface area contributed by atoms with Crippen molar-refractivity contribution in [2.75, 3.05) is 10.2 Å². The molecular formula is C40H32N4. The van der Waals surface area contributed by atoms with Gasteiger partial charge in [0.15, 0.2) is 0 Å². The van der Waals surface area contributed by atoms with E-state index >= 15 is 0 Å². The number of para-hydroxylation sites is 4. The van der Waals surface area contributed by atoms with Crippen LogP contribution in [0.5, 0.6) is 0 Å². The Labute approximate surface area is 257 Å². The first-order valence-corrected chi connectivity index (χ1v) is 15.0. The zero-order valence-electron chi connectivity index (χ0n) is 24.8. The molecule has 4 nitrogen and oxygen atoms in total. The van der Waals surface area contributed by atoms with Gasteiger partial charge < -0.3 is 20.2 Å². The van der Waals surface area contributed by atoms with Crippen molar-refractivity contribution in [3.63, 3.8) is 0 Å². The Bertz CT molecular complexity index is 2190. The van der Waals surface area contributed by atoms with Gasteiger partial charge in [0, 0.05) is 44.9 Å². The summed E-state index contributed by atoms with van der Waals surface area (Å²) in [6, 6.07) is 44.9. The Morgan fingerprint density at radius 2 is 1.23 bits per heavy atom. The van der Waals surface area contributed by atoms with Gasteiger partial charge in [0.25, 0.3) is 0 Å². The van der Waals surface area contributed by atoms with Crippen molar-refractivity contribution in [1.82, 2.24) is 4.57 Å². The molecule has 1 aliphatic heterocycles. The van der Waals surface area contributed by atoms with E-state index in [9.17, 15) is 0 Å². The number of fused-ring (bicyclic) bond motifs is 5. The molecule has 0 atom stereocenters. The Balaban J connectivity index is 1.26. The molecule has 5 aromatic carbocycles. The molecule has 4 heteroatoms. The zero-order valence-corrected chi connectivity index (χ0v) is 24.8. The lowest BCUT2D eigenvalue weighted by Crippen LogP contribution is -2.33. The number of hydrogen-bond donors (Lipinski definition) is 2. The summed E-state index contributed by atoms with van der Waals surface area (Å²) in [5, 5.41) is 15.5. The van der Waals surface area contributed by atoms with Gasteiger partial charge in [0.1, 0.15) is 0 Å². The number of benzene rings is 5. The van der Waals surface area contributed by atoms with Gasteiger partial charge in [-0.15, -0.1) is 0 Å². The van der Waals surface area contributed by atoms with E-state index in [0.29, 0.717) is 5.71 Å². The number of rotatable bonds is 4. The number of hydrogen-bond acceptors (Lipinski definition) is 3. The van der Waals surface area contributed by atoms with Gasteiger partial charge in [-0.3, -0.25) is 0 Å². The minimum atomic E-state index is -0.0899. The fourth-order valence-electron chi connectivity index (χ4n) is 6.82. The molecule has 6 aromatic rings. The van der Waals surface area contributed by atoms with Crippen LogP contribution in [0.2, 0.25) is 0 Å². The van der Waals surface area contributed by atoms with Crippen molar-refractivity contribution in [3.8, 4) is 5.69 Å². The number of nitrogens with one attached hydrogen (secondary N) is 2. The summed E-state index contributed by atoms with van der Waals surface area (Å²) in [4.78, 5) is 2.39. The molecule has 44 heavy (non-hydrogen) atoms. The fraction of sp³-hybridized carbons (Fsp3) is 0.0750. The highest BCUT2D eigenvalue weighted by Gasteiger charge is 2.36. The van der Waals surface area contributed by atoms with Gasteiger partial charge in [-0.2, -0.15) is 0 Å². The van der Waals surface area contributed by atoms with Gasteiger partial charge in [0.2, 0.25) is 0 Å². The normalized spacial score (nSPS) is 15.6. The highest BCUT2D eigenvalue weighted by Crippen LogP contribution is 2.51. The Hall–Kier alpha value is -5.61. The molecule has 0 saturated heterocycles. The smallest absolute Gasteiger partial charge is 0.0634 e. The van der Waals surface area contributed by atoms with Crippen LogP contribution in [-0.4, -0.2) is 10.3 Å². The zero-order chi connectivity index (χ0) is 29.8. The molecule has 0 saturated carbocycles. The van der Waals surface area contributed by atoms with Crippen molar-refractivity contribution < 1.29 is 0 Å². The Kier molecular flexibility index (Phi) is 5.92. The first-order valence-electron chi connectivity index (χ1n) is 15.0. The molecule has 1 aromatic heterocycles. The summed E-state index contributed by atoms with van der Waals surface area (Å²) < 4.78 is 2.31. The van der Waals surface area contributed by atoms with Gasteiger partial charge in [0.05, 0.1) is 28.0 Å².